The Morgan fingerprint density at radius 3 is 2.33 bits per heavy atom. The first-order valence-corrected chi connectivity index (χ1v) is 7.13. The number of nitrogens with zero attached hydrogens (tertiary/aromatic N) is 1. The van der Waals surface area contributed by atoms with Gasteiger partial charge in [-0.1, -0.05) is 12.1 Å². The molecular formula is C12H9N3O5S. The molecule has 1 heterocycles. The number of nitrogen functional groups attached to an aromatic ring is 1. The number of hydrazine groups is 1. The zero-order chi connectivity index (χ0) is 15.5. The Bertz CT molecular complexity index is 936. The van der Waals surface area contributed by atoms with E-state index < -0.39 is 26.8 Å². The Morgan fingerprint density at radius 2 is 1.71 bits per heavy atom. The lowest BCUT2D eigenvalue weighted by atomic mass is 9.94. The SMILES string of the molecule is Nc1c(S(=O)(=O)O)cc2c3c(cccc13)C(=O)N(N)C2=O. The third-order valence-electron chi connectivity index (χ3n) is 3.34. The van der Waals surface area contributed by atoms with Crippen LogP contribution < -0.4 is 11.6 Å². The van der Waals surface area contributed by atoms with Gasteiger partial charge in [0.25, 0.3) is 21.9 Å². The van der Waals surface area contributed by atoms with Gasteiger partial charge in [-0.2, -0.15) is 8.42 Å². The number of anilines is 1. The van der Waals surface area contributed by atoms with Gasteiger partial charge in [-0.25, -0.2) is 10.9 Å². The highest BCUT2D eigenvalue weighted by atomic mass is 32.2. The maximum atomic E-state index is 12.1. The molecule has 21 heavy (non-hydrogen) atoms. The van der Waals surface area contributed by atoms with Gasteiger partial charge in [-0.05, 0) is 12.1 Å². The first-order chi connectivity index (χ1) is 9.73. The van der Waals surface area contributed by atoms with Gasteiger partial charge >= 0.3 is 0 Å². The van der Waals surface area contributed by atoms with Crippen LogP contribution in [0.25, 0.3) is 10.8 Å². The molecule has 0 unspecified atom stereocenters. The highest BCUT2D eigenvalue weighted by Crippen LogP contribution is 2.36. The van der Waals surface area contributed by atoms with E-state index in [9.17, 15) is 22.6 Å². The van der Waals surface area contributed by atoms with Gasteiger partial charge < -0.3 is 5.73 Å². The van der Waals surface area contributed by atoms with Crippen LogP contribution in [0, 0.1) is 0 Å². The lowest BCUT2D eigenvalue weighted by Crippen LogP contribution is -2.45. The second-order valence-corrected chi connectivity index (χ2v) is 5.91. The van der Waals surface area contributed by atoms with E-state index in [1.54, 1.807) is 0 Å². The van der Waals surface area contributed by atoms with Crippen molar-refractivity contribution >= 4 is 38.4 Å². The van der Waals surface area contributed by atoms with Crippen LogP contribution in [0.15, 0.2) is 29.2 Å². The quantitative estimate of drug-likeness (QED) is 0.223. The Kier molecular flexibility index (Phi) is 2.57. The molecule has 0 saturated heterocycles. The summed E-state index contributed by atoms with van der Waals surface area (Å²) in [5.74, 6) is 3.82. The topological polar surface area (TPSA) is 144 Å². The van der Waals surface area contributed by atoms with Gasteiger partial charge in [0.1, 0.15) is 4.90 Å². The first kappa shape index (κ1) is 13.5. The summed E-state index contributed by atoms with van der Waals surface area (Å²) >= 11 is 0. The fourth-order valence-corrected chi connectivity index (χ4v) is 3.05. The summed E-state index contributed by atoms with van der Waals surface area (Å²) < 4.78 is 32.0. The molecule has 1 aliphatic heterocycles. The number of hydrogen-bond acceptors (Lipinski definition) is 6. The molecule has 5 N–H and O–H groups in total. The molecule has 0 radical (unpaired) electrons. The molecule has 0 fully saturated rings. The average molecular weight is 307 g/mol. The number of rotatable bonds is 1. The normalized spacial score (nSPS) is 14.9. The fourth-order valence-electron chi connectivity index (χ4n) is 2.39. The molecule has 3 rings (SSSR count). The smallest absolute Gasteiger partial charge is 0.296 e. The molecular weight excluding hydrogens is 298 g/mol. The molecule has 1 aliphatic rings. The second-order valence-electron chi connectivity index (χ2n) is 4.52. The van der Waals surface area contributed by atoms with Crippen molar-refractivity contribution in [2.24, 2.45) is 5.84 Å². The molecule has 0 bridgehead atoms. The van der Waals surface area contributed by atoms with Crippen molar-refractivity contribution in [1.82, 2.24) is 5.01 Å². The molecule has 9 heteroatoms. The van der Waals surface area contributed by atoms with Crippen molar-refractivity contribution in [2.45, 2.75) is 4.90 Å². The summed E-state index contributed by atoms with van der Waals surface area (Å²) in [6, 6.07) is 5.31. The molecule has 0 aromatic heterocycles. The van der Waals surface area contributed by atoms with Gasteiger partial charge in [-0.15, -0.1) is 0 Å². The largest absolute Gasteiger partial charge is 0.397 e. The summed E-state index contributed by atoms with van der Waals surface area (Å²) in [6.45, 7) is 0. The zero-order valence-electron chi connectivity index (χ0n) is 10.4. The van der Waals surface area contributed by atoms with Crippen LogP contribution in [0.3, 0.4) is 0 Å². The Balaban J connectivity index is 2.58. The number of imide groups is 1. The van der Waals surface area contributed by atoms with Gasteiger partial charge in [0, 0.05) is 10.8 Å². The molecule has 0 aliphatic carbocycles. The van der Waals surface area contributed by atoms with Gasteiger partial charge in [0.05, 0.1) is 16.8 Å². The summed E-state index contributed by atoms with van der Waals surface area (Å²) in [4.78, 5) is 23.4. The number of benzene rings is 2. The van der Waals surface area contributed by atoms with Crippen LogP contribution >= 0.6 is 0 Å². The van der Waals surface area contributed by atoms with E-state index in [1.807, 2.05) is 0 Å². The highest BCUT2D eigenvalue weighted by Gasteiger charge is 2.33. The Morgan fingerprint density at radius 1 is 1.10 bits per heavy atom. The summed E-state index contributed by atoms with van der Waals surface area (Å²) in [6.07, 6.45) is 0. The minimum Gasteiger partial charge on any atom is -0.397 e. The van der Waals surface area contributed by atoms with Crippen molar-refractivity contribution in [3.05, 3.63) is 35.4 Å². The first-order valence-electron chi connectivity index (χ1n) is 5.69. The number of carbonyl (C=O) groups is 2. The summed E-state index contributed by atoms with van der Waals surface area (Å²) in [5, 5.41) is 0.799. The van der Waals surface area contributed by atoms with E-state index >= 15 is 0 Å². The van der Waals surface area contributed by atoms with Crippen LogP contribution in [0.1, 0.15) is 20.7 Å². The van der Waals surface area contributed by atoms with Crippen LogP contribution in [-0.2, 0) is 10.1 Å². The van der Waals surface area contributed by atoms with Crippen LogP contribution in [-0.4, -0.2) is 29.8 Å². The number of nitrogens with two attached hydrogens (primary N) is 2. The van der Waals surface area contributed by atoms with Crippen molar-refractivity contribution in [3.8, 4) is 0 Å². The number of hydrogen-bond donors (Lipinski definition) is 3. The predicted molar refractivity (Wildman–Crippen MR) is 72.9 cm³/mol. The predicted octanol–water partition coefficient (Wildman–Crippen LogP) is 0.138. The lowest BCUT2D eigenvalue weighted by molar-refractivity contribution is 0.0610. The van der Waals surface area contributed by atoms with Crippen LogP contribution in [0.2, 0.25) is 0 Å². The molecule has 2 amide bonds. The van der Waals surface area contributed by atoms with E-state index in [0.717, 1.165) is 6.07 Å². The Hall–Kier alpha value is -2.49. The van der Waals surface area contributed by atoms with Gasteiger partial charge in [0.2, 0.25) is 0 Å². The van der Waals surface area contributed by atoms with Crippen molar-refractivity contribution in [3.63, 3.8) is 0 Å². The molecule has 2 aromatic rings. The molecule has 2 aromatic carbocycles. The average Bonchev–Trinajstić information content (AvgIpc) is 2.42. The van der Waals surface area contributed by atoms with Crippen LogP contribution in [0.5, 0.6) is 0 Å². The van der Waals surface area contributed by atoms with Crippen molar-refractivity contribution < 1.29 is 22.6 Å². The van der Waals surface area contributed by atoms with Gasteiger partial charge in [0.15, 0.2) is 0 Å². The molecule has 8 nitrogen and oxygen atoms in total. The standard InChI is InChI=1S/C12H9N3O5S/c13-10-5-2-1-3-6-9(5)7(4-8(10)21(18,19)20)12(17)15(14)11(6)16/h1-4H,13-14H2,(H,18,19,20). The molecule has 0 saturated carbocycles. The van der Waals surface area contributed by atoms with Gasteiger partial charge in [-0.3, -0.25) is 14.1 Å². The lowest BCUT2D eigenvalue weighted by Gasteiger charge is -2.24. The van der Waals surface area contributed by atoms with E-state index in [0.29, 0.717) is 5.01 Å². The van der Waals surface area contributed by atoms with Crippen LogP contribution in [0.4, 0.5) is 5.69 Å². The minimum atomic E-state index is -4.62. The zero-order valence-corrected chi connectivity index (χ0v) is 11.2. The van der Waals surface area contributed by atoms with Crippen molar-refractivity contribution in [1.29, 1.82) is 0 Å². The molecule has 0 spiro atoms. The minimum absolute atomic E-state index is 0.107. The second kappa shape index (κ2) is 4.01. The molecule has 108 valence electrons. The summed E-state index contributed by atoms with van der Waals surface area (Å²) in [5.41, 5.74) is 5.54. The van der Waals surface area contributed by atoms with E-state index in [4.69, 9.17) is 11.6 Å². The number of carbonyl (C=O) groups excluding carboxylic acids is 2. The number of amides is 2. The van der Waals surface area contributed by atoms with E-state index in [1.165, 1.54) is 18.2 Å². The third kappa shape index (κ3) is 1.72. The van der Waals surface area contributed by atoms with E-state index in [2.05, 4.69) is 0 Å². The highest BCUT2D eigenvalue weighted by molar-refractivity contribution is 7.86. The summed E-state index contributed by atoms with van der Waals surface area (Å²) in [7, 11) is -4.62. The van der Waals surface area contributed by atoms with Crippen molar-refractivity contribution in [2.75, 3.05) is 5.73 Å². The molecule has 0 atom stereocenters. The maximum Gasteiger partial charge on any atom is 0.296 e. The monoisotopic (exact) mass is 307 g/mol. The maximum absolute atomic E-state index is 12.1. The fraction of sp³-hybridized carbons (Fsp3) is 0. The Labute approximate surface area is 118 Å². The third-order valence-corrected chi connectivity index (χ3v) is 4.23. The van der Waals surface area contributed by atoms with E-state index in [-0.39, 0.29) is 27.6 Å².